The number of nitrogens with zero attached hydrogens (tertiary/aromatic N) is 3. The molecule has 3 fully saturated rings. The van der Waals surface area contributed by atoms with Gasteiger partial charge in [0.2, 0.25) is 11.8 Å². The van der Waals surface area contributed by atoms with Gasteiger partial charge in [0.05, 0.1) is 12.1 Å². The Balaban J connectivity index is 1.65. The van der Waals surface area contributed by atoms with E-state index in [-0.39, 0.29) is 23.7 Å². The molecule has 0 aromatic heterocycles. The van der Waals surface area contributed by atoms with Gasteiger partial charge in [-0.25, -0.2) is 9.86 Å². The van der Waals surface area contributed by atoms with E-state index in [9.17, 15) is 19.6 Å². The third-order valence-electron chi connectivity index (χ3n) is 5.15. The predicted molar refractivity (Wildman–Crippen MR) is 83.4 cm³/mol. The highest BCUT2D eigenvalue weighted by Gasteiger charge is 2.46. The van der Waals surface area contributed by atoms with E-state index < -0.39 is 18.1 Å². The highest BCUT2D eigenvalue weighted by molar-refractivity contribution is 6.03. The van der Waals surface area contributed by atoms with Gasteiger partial charge in [-0.05, 0) is 32.1 Å². The zero-order valence-electron chi connectivity index (χ0n) is 13.7. The maximum Gasteiger partial charge on any atom is 0.344 e. The van der Waals surface area contributed by atoms with E-state index in [1.807, 2.05) is 0 Å². The summed E-state index contributed by atoms with van der Waals surface area (Å²) in [6, 6.07) is -1.85. The van der Waals surface area contributed by atoms with Crippen LogP contribution in [-0.4, -0.2) is 75.0 Å². The second kappa shape index (κ2) is 6.39. The van der Waals surface area contributed by atoms with Gasteiger partial charge < -0.3 is 15.1 Å². The number of urea groups is 1. The summed E-state index contributed by atoms with van der Waals surface area (Å²) in [6.07, 6.45) is 3.43. The van der Waals surface area contributed by atoms with Gasteiger partial charge in [-0.1, -0.05) is 0 Å². The molecule has 3 heterocycles. The van der Waals surface area contributed by atoms with Crippen molar-refractivity contribution in [3.63, 3.8) is 0 Å². The van der Waals surface area contributed by atoms with E-state index in [2.05, 4.69) is 5.32 Å². The van der Waals surface area contributed by atoms with Crippen molar-refractivity contribution >= 4 is 23.7 Å². The Morgan fingerprint density at radius 2 is 1.96 bits per heavy atom. The van der Waals surface area contributed by atoms with Crippen molar-refractivity contribution in [1.82, 2.24) is 20.2 Å². The highest BCUT2D eigenvalue weighted by Crippen LogP contribution is 2.28. The van der Waals surface area contributed by atoms with Crippen LogP contribution in [-0.2, 0) is 9.59 Å². The smallest absolute Gasteiger partial charge is 0.331 e. The minimum atomic E-state index is -0.559. The van der Waals surface area contributed by atoms with Crippen LogP contribution < -0.4 is 5.32 Å². The van der Waals surface area contributed by atoms with E-state index in [0.29, 0.717) is 37.4 Å². The first-order valence-electron chi connectivity index (χ1n) is 8.35. The molecular formula is C15H23N5O4. The van der Waals surface area contributed by atoms with Crippen molar-refractivity contribution in [2.24, 2.45) is 0 Å². The van der Waals surface area contributed by atoms with Crippen molar-refractivity contribution in [2.45, 2.75) is 57.2 Å². The number of carbonyl (C=O) groups is 3. The molecule has 0 saturated carbocycles. The van der Waals surface area contributed by atoms with Crippen LogP contribution in [0.5, 0.6) is 0 Å². The van der Waals surface area contributed by atoms with Crippen LogP contribution in [0, 0.1) is 5.41 Å². The quantitative estimate of drug-likeness (QED) is 0.377. The standard InChI is InChI=1S/C15H23N5O4/c1-9(21)18-7-3-2-4-12(18)14(22)17-13(16)11-6-5-10-8-19(11)15(23)20(10)24/h10-12,24H,2-8H2,1H3,(H2,16,17,22)/t10-,11+,12-/m1/s1. The van der Waals surface area contributed by atoms with Crippen molar-refractivity contribution in [2.75, 3.05) is 13.1 Å². The van der Waals surface area contributed by atoms with Crippen LogP contribution in [0.3, 0.4) is 0 Å². The molecule has 0 unspecified atom stereocenters. The molecule has 2 bridgehead atoms. The third-order valence-corrected chi connectivity index (χ3v) is 5.15. The Morgan fingerprint density at radius 3 is 2.67 bits per heavy atom. The molecule has 3 aliphatic rings. The molecule has 3 atom stereocenters. The summed E-state index contributed by atoms with van der Waals surface area (Å²) in [6.45, 7) is 2.36. The fourth-order valence-electron chi connectivity index (χ4n) is 3.83. The van der Waals surface area contributed by atoms with E-state index in [1.165, 1.54) is 11.8 Å². The number of nitrogens with one attached hydrogen (secondary N) is 2. The molecule has 24 heavy (non-hydrogen) atoms. The number of hydroxylamine groups is 2. The van der Waals surface area contributed by atoms with Crippen LogP contribution in [0.4, 0.5) is 4.79 Å². The van der Waals surface area contributed by atoms with Crippen LogP contribution in [0.25, 0.3) is 0 Å². The molecule has 132 valence electrons. The molecule has 0 aromatic rings. The summed E-state index contributed by atoms with van der Waals surface area (Å²) in [4.78, 5) is 39.1. The molecule has 3 saturated heterocycles. The second-order valence-corrected chi connectivity index (χ2v) is 6.65. The number of piperidine rings is 2. The Hall–Kier alpha value is -2.16. The van der Waals surface area contributed by atoms with Gasteiger partial charge in [0, 0.05) is 20.0 Å². The summed E-state index contributed by atoms with van der Waals surface area (Å²) in [5.41, 5.74) is 0. The molecule has 9 heteroatoms. The maximum absolute atomic E-state index is 12.5. The first kappa shape index (κ1) is 16.7. The number of hydrogen-bond donors (Lipinski definition) is 3. The summed E-state index contributed by atoms with van der Waals surface area (Å²) in [5.74, 6) is -0.562. The topological polar surface area (TPSA) is 117 Å². The zero-order valence-corrected chi connectivity index (χ0v) is 13.7. The Bertz CT molecular complexity index is 580. The number of carbonyl (C=O) groups excluding carboxylic acids is 3. The number of amidine groups is 1. The molecule has 0 spiro atoms. The molecule has 0 aromatic carbocycles. The summed E-state index contributed by atoms with van der Waals surface area (Å²) < 4.78 is 0. The number of rotatable bonds is 2. The molecule has 4 amide bonds. The average Bonchev–Trinajstić information content (AvgIpc) is 2.79. The van der Waals surface area contributed by atoms with Gasteiger partial charge in [-0.3, -0.25) is 20.2 Å². The number of amides is 4. The fraction of sp³-hybridized carbons (Fsp3) is 0.733. The third kappa shape index (κ3) is 2.83. The highest BCUT2D eigenvalue weighted by atomic mass is 16.5. The zero-order chi connectivity index (χ0) is 17.4. The lowest BCUT2D eigenvalue weighted by molar-refractivity contribution is -0.140. The lowest BCUT2D eigenvalue weighted by Crippen LogP contribution is -2.56. The molecule has 0 aliphatic carbocycles. The van der Waals surface area contributed by atoms with E-state index in [1.54, 1.807) is 4.90 Å². The van der Waals surface area contributed by atoms with Gasteiger partial charge in [0.15, 0.2) is 0 Å². The first-order chi connectivity index (χ1) is 11.4. The number of fused-ring (bicyclic) bond motifs is 2. The van der Waals surface area contributed by atoms with Gasteiger partial charge in [0.25, 0.3) is 0 Å². The Labute approximate surface area is 140 Å². The molecule has 9 nitrogen and oxygen atoms in total. The second-order valence-electron chi connectivity index (χ2n) is 6.65. The SMILES string of the molecule is CC(=O)N1CCCC[C@@H]1C(=O)NC(=N)[C@@H]1CC[C@@H]2CN1C(=O)N2O. The molecule has 3 aliphatic heterocycles. The van der Waals surface area contributed by atoms with Crippen LogP contribution >= 0.6 is 0 Å². The maximum atomic E-state index is 12.5. The summed E-state index contributed by atoms with van der Waals surface area (Å²) in [7, 11) is 0. The summed E-state index contributed by atoms with van der Waals surface area (Å²) in [5, 5.41) is 21.2. The van der Waals surface area contributed by atoms with E-state index in [4.69, 9.17) is 5.41 Å². The normalized spacial score (nSPS) is 29.7. The van der Waals surface area contributed by atoms with E-state index in [0.717, 1.165) is 12.8 Å². The molecule has 3 N–H and O–H groups in total. The lowest BCUT2D eigenvalue weighted by Gasteiger charge is -2.35. The Kier molecular flexibility index (Phi) is 4.44. The van der Waals surface area contributed by atoms with Crippen LogP contribution in [0.2, 0.25) is 0 Å². The molecule has 3 rings (SSSR count). The van der Waals surface area contributed by atoms with Crippen molar-refractivity contribution < 1.29 is 19.6 Å². The Morgan fingerprint density at radius 1 is 1.21 bits per heavy atom. The summed E-state index contributed by atoms with van der Waals surface area (Å²) >= 11 is 0. The van der Waals surface area contributed by atoms with Crippen molar-refractivity contribution in [3.8, 4) is 0 Å². The number of hydrogen-bond acceptors (Lipinski definition) is 5. The van der Waals surface area contributed by atoms with Crippen molar-refractivity contribution in [3.05, 3.63) is 0 Å². The largest absolute Gasteiger partial charge is 0.344 e. The monoisotopic (exact) mass is 337 g/mol. The van der Waals surface area contributed by atoms with Crippen LogP contribution in [0.1, 0.15) is 39.0 Å². The molecule has 0 radical (unpaired) electrons. The van der Waals surface area contributed by atoms with Gasteiger partial charge in [0.1, 0.15) is 11.9 Å². The van der Waals surface area contributed by atoms with Gasteiger partial charge >= 0.3 is 6.03 Å². The lowest BCUT2D eigenvalue weighted by atomic mass is 9.98. The fourth-order valence-corrected chi connectivity index (χ4v) is 3.83. The average molecular weight is 337 g/mol. The van der Waals surface area contributed by atoms with E-state index >= 15 is 0 Å². The first-order valence-corrected chi connectivity index (χ1v) is 8.35. The van der Waals surface area contributed by atoms with Crippen molar-refractivity contribution in [1.29, 1.82) is 5.41 Å². The van der Waals surface area contributed by atoms with Gasteiger partial charge in [-0.15, -0.1) is 0 Å². The van der Waals surface area contributed by atoms with Crippen LogP contribution in [0.15, 0.2) is 0 Å². The minimum absolute atomic E-state index is 0.0452. The van der Waals surface area contributed by atoms with Gasteiger partial charge in [-0.2, -0.15) is 0 Å². The minimum Gasteiger partial charge on any atom is -0.331 e. The predicted octanol–water partition coefficient (Wildman–Crippen LogP) is 0.139. The number of likely N-dealkylation sites (tertiary alicyclic amines) is 1. The molecular weight excluding hydrogens is 314 g/mol.